The summed E-state index contributed by atoms with van der Waals surface area (Å²) < 4.78 is 15.8. The number of aromatic nitrogens is 1. The number of carbonyl (C=O) groups is 2. The van der Waals surface area contributed by atoms with E-state index in [0.717, 1.165) is 11.3 Å². The zero-order chi connectivity index (χ0) is 27.5. The zero-order valence-corrected chi connectivity index (χ0v) is 23.4. The molecule has 0 saturated heterocycles. The van der Waals surface area contributed by atoms with Gasteiger partial charge in [0, 0.05) is 31.3 Å². The van der Waals surface area contributed by atoms with E-state index in [1.165, 1.54) is 16.9 Å². The Morgan fingerprint density at radius 1 is 1.03 bits per heavy atom. The van der Waals surface area contributed by atoms with Gasteiger partial charge in [0.15, 0.2) is 11.5 Å². The van der Waals surface area contributed by atoms with Crippen molar-refractivity contribution >= 4 is 29.0 Å². The fourth-order valence-corrected chi connectivity index (χ4v) is 4.49. The molecule has 0 aliphatic rings. The summed E-state index contributed by atoms with van der Waals surface area (Å²) in [6.07, 6.45) is 0.631. The number of urea groups is 1. The number of nitrogens with one attached hydrogen (secondary N) is 2. The quantitative estimate of drug-likeness (QED) is 0.319. The third-order valence-corrected chi connectivity index (χ3v) is 6.77. The standard InChI is InChI=1S/C28H36N4O5S/c1-19(2)21-7-9-22(10-8-21)30-28(34)32(14-15-35-3)17-26-31-23(18-38-26)27(33)29-13-12-20-6-11-24(36-4)25(16-20)37-5/h6-11,16,18-19H,12-15,17H2,1-5H3,(H,29,33)(H,30,34). The number of thiazole rings is 1. The largest absolute Gasteiger partial charge is 0.493 e. The first-order valence-corrected chi connectivity index (χ1v) is 13.3. The molecule has 0 aliphatic heterocycles. The van der Waals surface area contributed by atoms with E-state index in [0.29, 0.717) is 54.2 Å². The molecule has 1 heterocycles. The van der Waals surface area contributed by atoms with Crippen molar-refractivity contribution in [3.05, 3.63) is 69.7 Å². The summed E-state index contributed by atoms with van der Waals surface area (Å²) in [6, 6.07) is 13.2. The second-order valence-electron chi connectivity index (χ2n) is 8.94. The van der Waals surface area contributed by atoms with E-state index in [1.807, 2.05) is 42.5 Å². The van der Waals surface area contributed by atoms with Crippen molar-refractivity contribution in [2.75, 3.05) is 46.3 Å². The fourth-order valence-electron chi connectivity index (χ4n) is 3.71. The van der Waals surface area contributed by atoms with Crippen molar-refractivity contribution < 1.29 is 23.8 Å². The number of amides is 3. The Kier molecular flexibility index (Phi) is 10.9. The second kappa shape index (κ2) is 14.3. The molecule has 0 aliphatic carbocycles. The average Bonchev–Trinajstić information content (AvgIpc) is 3.39. The molecule has 1 aromatic heterocycles. The first-order chi connectivity index (χ1) is 18.3. The highest BCUT2D eigenvalue weighted by Crippen LogP contribution is 2.27. The van der Waals surface area contributed by atoms with Crippen molar-refractivity contribution in [2.24, 2.45) is 0 Å². The third kappa shape index (κ3) is 8.19. The monoisotopic (exact) mass is 540 g/mol. The summed E-state index contributed by atoms with van der Waals surface area (Å²) >= 11 is 1.34. The molecule has 0 fully saturated rings. The smallest absolute Gasteiger partial charge is 0.322 e. The molecule has 3 rings (SSSR count). The summed E-state index contributed by atoms with van der Waals surface area (Å²) in [5.41, 5.74) is 3.27. The lowest BCUT2D eigenvalue weighted by Crippen LogP contribution is -2.36. The van der Waals surface area contributed by atoms with E-state index >= 15 is 0 Å². The molecule has 0 bridgehead atoms. The van der Waals surface area contributed by atoms with Crippen LogP contribution in [0.5, 0.6) is 11.5 Å². The van der Waals surface area contributed by atoms with E-state index in [1.54, 1.807) is 31.6 Å². The fraction of sp³-hybridized carbons (Fsp3) is 0.393. The van der Waals surface area contributed by atoms with Gasteiger partial charge in [0.2, 0.25) is 0 Å². The number of ether oxygens (including phenoxy) is 3. The van der Waals surface area contributed by atoms with E-state index in [4.69, 9.17) is 14.2 Å². The maximum Gasteiger partial charge on any atom is 0.322 e. The van der Waals surface area contributed by atoms with Gasteiger partial charge < -0.3 is 29.7 Å². The molecule has 10 heteroatoms. The molecular weight excluding hydrogens is 504 g/mol. The summed E-state index contributed by atoms with van der Waals surface area (Å²) in [4.78, 5) is 31.7. The maximum absolute atomic E-state index is 13.0. The van der Waals surface area contributed by atoms with Crippen LogP contribution in [0.2, 0.25) is 0 Å². The highest BCUT2D eigenvalue weighted by Gasteiger charge is 2.18. The van der Waals surface area contributed by atoms with Crippen LogP contribution in [0.3, 0.4) is 0 Å². The Labute approximate surface area is 228 Å². The lowest BCUT2D eigenvalue weighted by atomic mass is 10.0. The molecule has 0 radical (unpaired) electrons. The van der Waals surface area contributed by atoms with Gasteiger partial charge in [-0.1, -0.05) is 32.0 Å². The molecule has 0 saturated carbocycles. The molecule has 0 spiro atoms. The molecule has 204 valence electrons. The Morgan fingerprint density at radius 3 is 2.42 bits per heavy atom. The van der Waals surface area contributed by atoms with Crippen molar-refractivity contribution in [2.45, 2.75) is 32.7 Å². The minimum Gasteiger partial charge on any atom is -0.493 e. The molecule has 2 N–H and O–H groups in total. The number of nitrogens with zero attached hydrogens (tertiary/aromatic N) is 2. The lowest BCUT2D eigenvalue weighted by Gasteiger charge is -2.22. The minimum absolute atomic E-state index is 0.254. The molecule has 3 aromatic rings. The molecule has 0 unspecified atom stereocenters. The van der Waals surface area contributed by atoms with Gasteiger partial charge in [-0.25, -0.2) is 9.78 Å². The normalized spacial score (nSPS) is 10.8. The van der Waals surface area contributed by atoms with Crippen LogP contribution in [0.4, 0.5) is 10.5 Å². The third-order valence-electron chi connectivity index (χ3n) is 5.94. The van der Waals surface area contributed by atoms with Crippen LogP contribution >= 0.6 is 11.3 Å². The number of carbonyl (C=O) groups excluding carboxylic acids is 2. The molecule has 38 heavy (non-hydrogen) atoms. The predicted molar refractivity (Wildman–Crippen MR) is 150 cm³/mol. The number of benzene rings is 2. The van der Waals surface area contributed by atoms with E-state index in [9.17, 15) is 9.59 Å². The van der Waals surface area contributed by atoms with E-state index in [-0.39, 0.29) is 18.5 Å². The topological polar surface area (TPSA) is 102 Å². The lowest BCUT2D eigenvalue weighted by molar-refractivity contribution is 0.0949. The highest BCUT2D eigenvalue weighted by molar-refractivity contribution is 7.09. The summed E-state index contributed by atoms with van der Waals surface area (Å²) in [7, 11) is 4.77. The van der Waals surface area contributed by atoms with Gasteiger partial charge in [-0.15, -0.1) is 11.3 Å². The number of rotatable bonds is 13. The SMILES string of the molecule is COCCN(Cc1nc(C(=O)NCCc2ccc(OC)c(OC)c2)cs1)C(=O)Nc1ccc(C(C)C)cc1. The van der Waals surface area contributed by atoms with E-state index < -0.39 is 0 Å². The Morgan fingerprint density at radius 2 is 1.76 bits per heavy atom. The Bertz CT molecular complexity index is 1200. The first-order valence-electron chi connectivity index (χ1n) is 12.4. The average molecular weight is 541 g/mol. The van der Waals surface area contributed by atoms with Gasteiger partial charge in [-0.05, 0) is 47.7 Å². The molecule has 0 atom stereocenters. The van der Waals surface area contributed by atoms with Crippen LogP contribution in [0.25, 0.3) is 0 Å². The second-order valence-corrected chi connectivity index (χ2v) is 9.89. The number of anilines is 1. The van der Waals surface area contributed by atoms with Crippen molar-refractivity contribution in [3.8, 4) is 11.5 Å². The maximum atomic E-state index is 13.0. The van der Waals surface area contributed by atoms with Crippen LogP contribution in [-0.2, 0) is 17.7 Å². The summed E-state index contributed by atoms with van der Waals surface area (Å²) in [6.45, 7) is 5.73. The highest BCUT2D eigenvalue weighted by atomic mass is 32.1. The Balaban J connectivity index is 1.56. The van der Waals surface area contributed by atoms with Gasteiger partial charge in [0.1, 0.15) is 10.7 Å². The zero-order valence-electron chi connectivity index (χ0n) is 22.6. The first kappa shape index (κ1) is 28.9. The number of hydrogen-bond donors (Lipinski definition) is 2. The van der Waals surface area contributed by atoms with E-state index in [2.05, 4.69) is 29.5 Å². The van der Waals surface area contributed by atoms with Crippen LogP contribution in [0, 0.1) is 0 Å². The summed E-state index contributed by atoms with van der Waals surface area (Å²) in [5, 5.41) is 8.21. The molecular formula is C28H36N4O5S. The minimum atomic E-state index is -0.258. The van der Waals surface area contributed by atoms with Gasteiger partial charge in [-0.2, -0.15) is 0 Å². The van der Waals surface area contributed by atoms with Crippen LogP contribution in [0.1, 0.15) is 46.4 Å². The van der Waals surface area contributed by atoms with Crippen molar-refractivity contribution in [1.82, 2.24) is 15.2 Å². The molecule has 2 aromatic carbocycles. The molecule has 3 amide bonds. The number of hydrogen-bond acceptors (Lipinski definition) is 7. The Hall–Kier alpha value is -3.63. The van der Waals surface area contributed by atoms with Crippen LogP contribution < -0.4 is 20.1 Å². The van der Waals surface area contributed by atoms with Gasteiger partial charge in [-0.3, -0.25) is 4.79 Å². The van der Waals surface area contributed by atoms with Crippen LogP contribution in [-0.4, -0.2) is 62.8 Å². The van der Waals surface area contributed by atoms with Gasteiger partial charge >= 0.3 is 6.03 Å². The van der Waals surface area contributed by atoms with Crippen molar-refractivity contribution in [1.29, 1.82) is 0 Å². The van der Waals surface area contributed by atoms with Gasteiger partial charge in [0.05, 0.1) is 27.4 Å². The van der Waals surface area contributed by atoms with Crippen LogP contribution in [0.15, 0.2) is 47.8 Å². The van der Waals surface area contributed by atoms with Gasteiger partial charge in [0.25, 0.3) is 5.91 Å². The predicted octanol–water partition coefficient (Wildman–Crippen LogP) is 4.94. The molecule has 9 nitrogen and oxygen atoms in total. The van der Waals surface area contributed by atoms with Crippen molar-refractivity contribution in [3.63, 3.8) is 0 Å². The summed E-state index contributed by atoms with van der Waals surface area (Å²) in [5.74, 6) is 1.47. The number of methoxy groups -OCH3 is 3.